The summed E-state index contributed by atoms with van der Waals surface area (Å²) < 4.78 is 5.00. The van der Waals surface area contributed by atoms with Gasteiger partial charge in [-0.1, -0.05) is 23.7 Å². The average Bonchev–Trinajstić information content (AvgIpc) is 3.25. The summed E-state index contributed by atoms with van der Waals surface area (Å²) >= 11 is 6.24. The summed E-state index contributed by atoms with van der Waals surface area (Å²) in [4.78, 5) is 51.7. The van der Waals surface area contributed by atoms with Crippen LogP contribution >= 0.6 is 11.6 Å². The Balaban J connectivity index is 1.81. The number of ether oxygens (including phenoxy) is 1. The molecule has 2 fully saturated rings. The molecule has 3 aliphatic heterocycles. The Kier molecular flexibility index (Phi) is 4.84. The van der Waals surface area contributed by atoms with Crippen LogP contribution in [0.2, 0.25) is 5.02 Å². The van der Waals surface area contributed by atoms with Gasteiger partial charge >= 0.3 is 5.97 Å². The maximum Gasteiger partial charge on any atom is 0.303 e. The SMILES string of the molecule is COCCN1C(=O)[C@@H]2[C@H](CCC(=O)O)N[C@]3(C(=O)Nc4c(Cl)cccc43)[C@@H]2C1=O. The zero-order valence-electron chi connectivity index (χ0n) is 15.6. The van der Waals surface area contributed by atoms with Gasteiger partial charge in [0.2, 0.25) is 17.7 Å². The number of amides is 3. The average molecular weight is 422 g/mol. The van der Waals surface area contributed by atoms with Crippen molar-refractivity contribution in [3.05, 3.63) is 28.8 Å². The Morgan fingerprint density at radius 1 is 1.31 bits per heavy atom. The van der Waals surface area contributed by atoms with Gasteiger partial charge in [-0.15, -0.1) is 0 Å². The number of anilines is 1. The molecule has 0 unspecified atom stereocenters. The Bertz CT molecular complexity index is 921. The number of hydrogen-bond donors (Lipinski definition) is 3. The van der Waals surface area contributed by atoms with E-state index in [0.29, 0.717) is 16.3 Å². The number of fused-ring (bicyclic) bond motifs is 4. The fraction of sp³-hybridized carbons (Fsp3) is 0.474. The highest BCUT2D eigenvalue weighted by Gasteiger charge is 2.70. The predicted octanol–water partition coefficient (Wildman–Crippen LogP) is 0.572. The first-order valence-corrected chi connectivity index (χ1v) is 9.64. The van der Waals surface area contributed by atoms with E-state index in [9.17, 15) is 19.2 Å². The smallest absolute Gasteiger partial charge is 0.303 e. The molecule has 154 valence electrons. The van der Waals surface area contributed by atoms with Gasteiger partial charge in [-0.2, -0.15) is 0 Å². The van der Waals surface area contributed by atoms with Crippen LogP contribution in [0.3, 0.4) is 0 Å². The molecule has 4 rings (SSSR count). The molecule has 2 saturated heterocycles. The molecule has 10 heteroatoms. The molecule has 1 aromatic rings. The lowest BCUT2D eigenvalue weighted by atomic mass is 9.76. The van der Waals surface area contributed by atoms with E-state index in [1.807, 2.05) is 0 Å². The third-order valence-electron chi connectivity index (χ3n) is 5.98. The van der Waals surface area contributed by atoms with Crippen LogP contribution < -0.4 is 10.6 Å². The highest BCUT2D eigenvalue weighted by Crippen LogP contribution is 2.54. The number of carboxylic acids is 1. The second-order valence-corrected chi connectivity index (χ2v) is 7.84. The normalized spacial score (nSPS) is 30.1. The number of methoxy groups -OCH3 is 1. The van der Waals surface area contributed by atoms with Crippen molar-refractivity contribution < 1.29 is 29.0 Å². The molecular weight excluding hydrogens is 402 g/mol. The number of carbonyl (C=O) groups is 4. The Morgan fingerprint density at radius 3 is 2.76 bits per heavy atom. The van der Waals surface area contributed by atoms with Crippen LogP contribution in [0.15, 0.2) is 18.2 Å². The first-order chi connectivity index (χ1) is 13.8. The summed E-state index contributed by atoms with van der Waals surface area (Å²) in [5.74, 6) is -4.19. The molecule has 4 atom stereocenters. The number of carbonyl (C=O) groups excluding carboxylic acids is 3. The number of rotatable bonds is 6. The minimum Gasteiger partial charge on any atom is -0.481 e. The molecular formula is C19H20ClN3O6. The van der Waals surface area contributed by atoms with E-state index in [4.69, 9.17) is 21.4 Å². The molecule has 9 nitrogen and oxygen atoms in total. The Labute approximate surface area is 171 Å². The van der Waals surface area contributed by atoms with Crippen molar-refractivity contribution in [1.29, 1.82) is 0 Å². The first kappa shape index (κ1) is 19.8. The van der Waals surface area contributed by atoms with Crippen molar-refractivity contribution in [2.24, 2.45) is 11.8 Å². The van der Waals surface area contributed by atoms with Gasteiger partial charge in [0.15, 0.2) is 0 Å². The van der Waals surface area contributed by atoms with Gasteiger partial charge in [0.1, 0.15) is 5.54 Å². The van der Waals surface area contributed by atoms with E-state index in [-0.39, 0.29) is 26.0 Å². The molecule has 3 heterocycles. The number of para-hydroxylation sites is 1. The van der Waals surface area contributed by atoms with Gasteiger partial charge in [-0.05, 0) is 12.5 Å². The van der Waals surface area contributed by atoms with Crippen LogP contribution in [0.4, 0.5) is 5.69 Å². The van der Waals surface area contributed by atoms with Gasteiger partial charge in [-0.25, -0.2) is 0 Å². The molecule has 0 aliphatic carbocycles. The number of aliphatic carboxylic acids is 1. The molecule has 1 spiro atoms. The van der Waals surface area contributed by atoms with Crippen LogP contribution in [0.1, 0.15) is 18.4 Å². The lowest BCUT2D eigenvalue weighted by Crippen LogP contribution is -2.53. The minimum absolute atomic E-state index is 0.0763. The van der Waals surface area contributed by atoms with Crippen LogP contribution in [-0.4, -0.2) is 60.0 Å². The maximum atomic E-state index is 13.3. The summed E-state index contributed by atoms with van der Waals surface area (Å²) in [7, 11) is 1.47. The second kappa shape index (κ2) is 7.08. The van der Waals surface area contributed by atoms with Gasteiger partial charge in [0.05, 0.1) is 35.7 Å². The molecule has 3 N–H and O–H groups in total. The highest BCUT2D eigenvalue weighted by molar-refractivity contribution is 6.35. The molecule has 0 radical (unpaired) electrons. The third-order valence-corrected chi connectivity index (χ3v) is 6.29. The Morgan fingerprint density at radius 2 is 2.07 bits per heavy atom. The van der Waals surface area contributed by atoms with E-state index in [0.717, 1.165) is 4.90 Å². The number of carboxylic acid groups (broad SMARTS) is 1. The number of likely N-dealkylation sites (tertiary alicyclic amines) is 1. The predicted molar refractivity (Wildman–Crippen MR) is 101 cm³/mol. The van der Waals surface area contributed by atoms with Crippen LogP contribution in [0, 0.1) is 11.8 Å². The number of nitrogens with zero attached hydrogens (tertiary/aromatic N) is 1. The fourth-order valence-corrected chi connectivity index (χ4v) is 5.01. The largest absolute Gasteiger partial charge is 0.481 e. The molecule has 3 amide bonds. The summed E-state index contributed by atoms with van der Waals surface area (Å²) in [5.41, 5.74) is -0.569. The van der Waals surface area contributed by atoms with Gasteiger partial charge in [0, 0.05) is 25.1 Å². The van der Waals surface area contributed by atoms with Crippen molar-refractivity contribution in [3.8, 4) is 0 Å². The molecule has 0 saturated carbocycles. The van der Waals surface area contributed by atoms with E-state index in [1.165, 1.54) is 7.11 Å². The first-order valence-electron chi connectivity index (χ1n) is 9.27. The lowest BCUT2D eigenvalue weighted by Gasteiger charge is -2.29. The molecule has 29 heavy (non-hydrogen) atoms. The topological polar surface area (TPSA) is 125 Å². The zero-order valence-corrected chi connectivity index (χ0v) is 16.4. The number of hydrogen-bond acceptors (Lipinski definition) is 6. The second-order valence-electron chi connectivity index (χ2n) is 7.43. The van der Waals surface area contributed by atoms with E-state index >= 15 is 0 Å². The van der Waals surface area contributed by atoms with E-state index in [1.54, 1.807) is 18.2 Å². The lowest BCUT2D eigenvalue weighted by molar-refractivity contribution is -0.144. The maximum absolute atomic E-state index is 13.3. The Hall–Kier alpha value is -2.49. The van der Waals surface area contributed by atoms with E-state index < -0.39 is 47.1 Å². The molecule has 0 bridgehead atoms. The minimum atomic E-state index is -1.47. The summed E-state index contributed by atoms with van der Waals surface area (Å²) in [6, 6.07) is 4.35. The quantitative estimate of drug-likeness (QED) is 0.573. The number of imide groups is 1. The van der Waals surface area contributed by atoms with Crippen molar-refractivity contribution >= 4 is 41.0 Å². The monoisotopic (exact) mass is 421 g/mol. The van der Waals surface area contributed by atoms with Crippen molar-refractivity contribution in [1.82, 2.24) is 10.2 Å². The van der Waals surface area contributed by atoms with Gasteiger partial charge in [-0.3, -0.25) is 29.4 Å². The summed E-state index contributed by atoms with van der Waals surface area (Å²) in [6.45, 7) is 0.249. The zero-order chi connectivity index (χ0) is 20.9. The number of halogens is 1. The fourth-order valence-electron chi connectivity index (χ4n) is 4.78. The number of benzene rings is 1. The highest BCUT2D eigenvalue weighted by atomic mass is 35.5. The molecule has 3 aliphatic rings. The van der Waals surface area contributed by atoms with Crippen molar-refractivity contribution in [2.75, 3.05) is 25.6 Å². The van der Waals surface area contributed by atoms with Crippen LogP contribution in [-0.2, 0) is 29.5 Å². The van der Waals surface area contributed by atoms with Crippen molar-refractivity contribution in [2.45, 2.75) is 24.4 Å². The summed E-state index contributed by atoms with van der Waals surface area (Å²) in [6.07, 6.45) is -0.0842. The van der Waals surface area contributed by atoms with Gasteiger partial charge in [0.25, 0.3) is 0 Å². The molecule has 1 aromatic carbocycles. The standard InChI is InChI=1S/C19H20ClN3O6/c1-29-8-7-23-16(26)13-11(5-6-12(24)25)22-19(14(13)17(23)27)9-3-2-4-10(20)15(9)21-18(19)28/h2-4,11,13-14,22H,5-8H2,1H3,(H,21,28)(H,24,25)/t11-,13+,14-,19-/m0/s1. The summed E-state index contributed by atoms with van der Waals surface area (Å²) in [5, 5.41) is 15.3. The number of nitrogens with one attached hydrogen (secondary N) is 2. The third kappa shape index (κ3) is 2.76. The van der Waals surface area contributed by atoms with Gasteiger partial charge < -0.3 is 15.2 Å². The van der Waals surface area contributed by atoms with Crippen LogP contribution in [0.5, 0.6) is 0 Å². The van der Waals surface area contributed by atoms with Crippen molar-refractivity contribution in [3.63, 3.8) is 0 Å². The van der Waals surface area contributed by atoms with Crippen LogP contribution in [0.25, 0.3) is 0 Å². The molecule has 0 aromatic heterocycles. The van der Waals surface area contributed by atoms with E-state index in [2.05, 4.69) is 10.6 Å².